The third-order valence-electron chi connectivity index (χ3n) is 1.43. The first-order chi connectivity index (χ1) is 4.33. The lowest BCUT2D eigenvalue weighted by Gasteiger charge is -2.17. The fourth-order valence-corrected chi connectivity index (χ4v) is 0.845. The maximum atomic E-state index is 10.6. The molecule has 1 rings (SSSR count). The molecule has 1 fully saturated rings. The molecule has 0 radical (unpaired) electrons. The van der Waals surface area contributed by atoms with Crippen LogP contribution in [-0.4, -0.2) is 18.5 Å². The van der Waals surface area contributed by atoms with Gasteiger partial charge in [0.2, 0.25) is 0 Å². The van der Waals surface area contributed by atoms with E-state index in [4.69, 9.17) is 4.74 Å². The van der Waals surface area contributed by atoms with Crippen molar-refractivity contribution in [2.75, 3.05) is 6.61 Å². The van der Waals surface area contributed by atoms with Crippen LogP contribution in [0.2, 0.25) is 0 Å². The van der Waals surface area contributed by atoms with E-state index in [1.807, 2.05) is 0 Å². The van der Waals surface area contributed by atoms with Crippen LogP contribution >= 0.6 is 0 Å². The lowest BCUT2D eigenvalue weighted by atomic mass is 10.1. The summed E-state index contributed by atoms with van der Waals surface area (Å²) in [6.45, 7) is 3.85. The minimum absolute atomic E-state index is 0.114. The summed E-state index contributed by atoms with van der Waals surface area (Å²) in [5.41, 5.74) is 0. The topological polar surface area (TPSA) is 26.3 Å². The molecule has 0 bridgehead atoms. The molecule has 0 aromatic carbocycles. The Kier molecular flexibility index (Phi) is 2.01. The average Bonchev–Trinajstić information content (AvgIpc) is 1.90. The zero-order chi connectivity index (χ0) is 6.69. The van der Waals surface area contributed by atoms with Crippen LogP contribution in [-0.2, 0) is 9.53 Å². The smallest absolute Gasteiger partial charge is 0.158 e. The van der Waals surface area contributed by atoms with Crippen molar-refractivity contribution in [3.8, 4) is 0 Å². The van der Waals surface area contributed by atoms with Crippen LogP contribution in [0.3, 0.4) is 0 Å². The first kappa shape index (κ1) is 6.49. The van der Waals surface area contributed by atoms with Gasteiger partial charge in [-0.3, -0.25) is 4.79 Å². The van der Waals surface area contributed by atoms with Crippen LogP contribution in [0.25, 0.3) is 0 Å². The lowest BCUT2D eigenvalue weighted by Crippen LogP contribution is -2.23. The summed E-state index contributed by atoms with van der Waals surface area (Å²) in [5, 5.41) is 0. The Labute approximate surface area is 54.5 Å². The molecule has 1 unspecified atom stereocenters. The van der Waals surface area contributed by atoms with Gasteiger partial charge in [-0.15, -0.1) is 6.58 Å². The Morgan fingerprint density at radius 2 is 2.56 bits per heavy atom. The van der Waals surface area contributed by atoms with E-state index in [9.17, 15) is 4.79 Å². The summed E-state index contributed by atoms with van der Waals surface area (Å²) in [6, 6.07) is 0. The summed E-state index contributed by atoms with van der Waals surface area (Å²) in [7, 11) is 0. The highest BCUT2D eigenvalue weighted by Crippen LogP contribution is 2.09. The standard InChI is InChI=1S/C7H10O2/c1-2-7-4-3-6(8)5-9-7/h2,7H,1,3-5H2. The van der Waals surface area contributed by atoms with Gasteiger partial charge in [-0.1, -0.05) is 6.08 Å². The van der Waals surface area contributed by atoms with E-state index in [2.05, 4.69) is 6.58 Å². The van der Waals surface area contributed by atoms with Crippen molar-refractivity contribution >= 4 is 5.78 Å². The molecule has 1 saturated heterocycles. The van der Waals surface area contributed by atoms with Crippen molar-refractivity contribution in [1.82, 2.24) is 0 Å². The zero-order valence-electron chi connectivity index (χ0n) is 5.30. The molecular weight excluding hydrogens is 116 g/mol. The molecular formula is C7H10O2. The third kappa shape index (κ3) is 1.64. The summed E-state index contributed by atoms with van der Waals surface area (Å²) in [5.74, 6) is 0.202. The number of Topliss-reactive ketones (excluding diaryl/α,β-unsaturated/α-hetero) is 1. The molecule has 0 spiro atoms. The van der Waals surface area contributed by atoms with Crippen LogP contribution < -0.4 is 0 Å². The Morgan fingerprint density at radius 3 is 3.00 bits per heavy atom. The van der Waals surface area contributed by atoms with Crippen molar-refractivity contribution in [2.45, 2.75) is 18.9 Å². The van der Waals surface area contributed by atoms with Crippen molar-refractivity contribution in [2.24, 2.45) is 0 Å². The molecule has 0 amide bonds. The predicted octanol–water partition coefficient (Wildman–Crippen LogP) is 0.920. The number of carbonyl (C=O) groups is 1. The van der Waals surface area contributed by atoms with E-state index in [1.165, 1.54) is 0 Å². The maximum Gasteiger partial charge on any atom is 0.158 e. The Morgan fingerprint density at radius 1 is 1.78 bits per heavy atom. The number of carbonyl (C=O) groups excluding carboxylic acids is 1. The molecule has 0 saturated carbocycles. The Balaban J connectivity index is 2.34. The van der Waals surface area contributed by atoms with Crippen LogP contribution in [0.15, 0.2) is 12.7 Å². The van der Waals surface area contributed by atoms with E-state index in [1.54, 1.807) is 6.08 Å². The molecule has 0 aromatic rings. The van der Waals surface area contributed by atoms with Gasteiger partial charge in [0, 0.05) is 6.42 Å². The van der Waals surface area contributed by atoms with E-state index in [0.29, 0.717) is 6.42 Å². The minimum Gasteiger partial charge on any atom is -0.366 e. The van der Waals surface area contributed by atoms with Crippen molar-refractivity contribution < 1.29 is 9.53 Å². The molecule has 50 valence electrons. The second-order valence-corrected chi connectivity index (χ2v) is 2.16. The zero-order valence-corrected chi connectivity index (χ0v) is 5.30. The van der Waals surface area contributed by atoms with Crippen LogP contribution in [0.4, 0.5) is 0 Å². The van der Waals surface area contributed by atoms with Crippen molar-refractivity contribution in [3.63, 3.8) is 0 Å². The second kappa shape index (κ2) is 2.78. The molecule has 2 heteroatoms. The normalized spacial score (nSPS) is 28.0. The first-order valence-corrected chi connectivity index (χ1v) is 3.09. The average molecular weight is 126 g/mol. The van der Waals surface area contributed by atoms with Gasteiger partial charge in [0.15, 0.2) is 5.78 Å². The summed E-state index contributed by atoms with van der Waals surface area (Å²) in [4.78, 5) is 10.6. The van der Waals surface area contributed by atoms with Crippen molar-refractivity contribution in [3.05, 3.63) is 12.7 Å². The van der Waals surface area contributed by atoms with E-state index < -0.39 is 0 Å². The monoisotopic (exact) mass is 126 g/mol. The summed E-state index contributed by atoms with van der Waals surface area (Å²) >= 11 is 0. The molecule has 0 aromatic heterocycles. The van der Waals surface area contributed by atoms with Gasteiger partial charge in [0.25, 0.3) is 0 Å². The van der Waals surface area contributed by atoms with Gasteiger partial charge in [-0.25, -0.2) is 0 Å². The largest absolute Gasteiger partial charge is 0.366 e. The fraction of sp³-hybridized carbons (Fsp3) is 0.571. The second-order valence-electron chi connectivity index (χ2n) is 2.16. The number of hydrogen-bond donors (Lipinski definition) is 0. The molecule has 1 heterocycles. The van der Waals surface area contributed by atoms with Crippen LogP contribution in [0, 0.1) is 0 Å². The number of hydrogen-bond acceptors (Lipinski definition) is 2. The quantitative estimate of drug-likeness (QED) is 0.488. The van der Waals surface area contributed by atoms with E-state index >= 15 is 0 Å². The third-order valence-corrected chi connectivity index (χ3v) is 1.43. The van der Waals surface area contributed by atoms with Crippen LogP contribution in [0.1, 0.15) is 12.8 Å². The fourth-order valence-electron chi connectivity index (χ4n) is 0.845. The summed E-state index contributed by atoms with van der Waals surface area (Å²) < 4.78 is 5.07. The highest BCUT2D eigenvalue weighted by atomic mass is 16.5. The van der Waals surface area contributed by atoms with Gasteiger partial charge in [-0.05, 0) is 6.42 Å². The lowest BCUT2D eigenvalue weighted by molar-refractivity contribution is -0.129. The first-order valence-electron chi connectivity index (χ1n) is 3.09. The number of ether oxygens (including phenoxy) is 1. The molecule has 1 atom stereocenters. The summed E-state index contributed by atoms with van der Waals surface area (Å²) in [6.07, 6.45) is 3.31. The van der Waals surface area contributed by atoms with Crippen molar-refractivity contribution in [1.29, 1.82) is 0 Å². The Hall–Kier alpha value is -0.630. The predicted molar refractivity (Wildman–Crippen MR) is 34.2 cm³/mol. The highest BCUT2D eigenvalue weighted by Gasteiger charge is 2.15. The van der Waals surface area contributed by atoms with E-state index in [-0.39, 0.29) is 18.5 Å². The van der Waals surface area contributed by atoms with Crippen LogP contribution in [0.5, 0.6) is 0 Å². The molecule has 0 N–H and O–H groups in total. The number of ketones is 1. The molecule has 9 heavy (non-hydrogen) atoms. The number of rotatable bonds is 1. The van der Waals surface area contributed by atoms with Gasteiger partial charge < -0.3 is 4.74 Å². The van der Waals surface area contributed by atoms with Gasteiger partial charge in [0.1, 0.15) is 6.61 Å². The molecule has 1 aliphatic heterocycles. The molecule has 1 aliphatic rings. The molecule has 0 aliphatic carbocycles. The minimum atomic E-state index is 0.114. The molecule has 2 nitrogen and oxygen atoms in total. The SMILES string of the molecule is C=CC1CCC(=O)CO1. The Bertz CT molecular complexity index is 119. The van der Waals surface area contributed by atoms with Gasteiger partial charge in [0.05, 0.1) is 6.10 Å². The maximum absolute atomic E-state index is 10.6. The van der Waals surface area contributed by atoms with Gasteiger partial charge in [-0.2, -0.15) is 0 Å². The van der Waals surface area contributed by atoms with E-state index in [0.717, 1.165) is 6.42 Å². The highest BCUT2D eigenvalue weighted by molar-refractivity contribution is 5.80. The van der Waals surface area contributed by atoms with Gasteiger partial charge >= 0.3 is 0 Å².